The molecule has 0 amide bonds. The SMILES string of the molecule is NC[C@H](Oc1cccc2nccn12)c1ccccc1. The van der Waals surface area contributed by atoms with Crippen molar-refractivity contribution < 1.29 is 4.74 Å². The highest BCUT2D eigenvalue weighted by Crippen LogP contribution is 2.21. The summed E-state index contributed by atoms with van der Waals surface area (Å²) < 4.78 is 7.93. The average Bonchev–Trinajstić information content (AvgIpc) is 2.95. The molecule has 0 fully saturated rings. The normalized spacial score (nSPS) is 12.5. The van der Waals surface area contributed by atoms with E-state index in [0.717, 1.165) is 17.1 Å². The first-order valence-electron chi connectivity index (χ1n) is 6.22. The van der Waals surface area contributed by atoms with Crippen LogP contribution in [0, 0.1) is 0 Å². The van der Waals surface area contributed by atoms with Gasteiger partial charge in [0, 0.05) is 18.9 Å². The van der Waals surface area contributed by atoms with Crippen LogP contribution in [-0.2, 0) is 0 Å². The summed E-state index contributed by atoms with van der Waals surface area (Å²) in [5.74, 6) is 0.745. The van der Waals surface area contributed by atoms with Gasteiger partial charge in [-0.15, -0.1) is 0 Å². The van der Waals surface area contributed by atoms with Gasteiger partial charge >= 0.3 is 0 Å². The quantitative estimate of drug-likeness (QED) is 0.776. The Hall–Kier alpha value is -2.33. The molecule has 19 heavy (non-hydrogen) atoms. The molecule has 4 heteroatoms. The van der Waals surface area contributed by atoms with Crippen molar-refractivity contribution in [3.05, 3.63) is 66.5 Å². The van der Waals surface area contributed by atoms with Crippen molar-refractivity contribution in [2.24, 2.45) is 5.73 Å². The molecule has 0 radical (unpaired) electrons. The molecule has 2 aromatic heterocycles. The van der Waals surface area contributed by atoms with E-state index in [1.165, 1.54) is 0 Å². The number of hydrogen-bond acceptors (Lipinski definition) is 3. The van der Waals surface area contributed by atoms with Crippen molar-refractivity contribution >= 4 is 5.65 Å². The molecule has 3 aromatic rings. The molecule has 1 aromatic carbocycles. The molecule has 0 bridgehead atoms. The number of ether oxygens (including phenoxy) is 1. The summed E-state index contributed by atoms with van der Waals surface area (Å²) in [6.07, 6.45) is 3.47. The zero-order valence-electron chi connectivity index (χ0n) is 10.4. The molecule has 4 nitrogen and oxygen atoms in total. The van der Waals surface area contributed by atoms with Gasteiger partial charge in [-0.2, -0.15) is 0 Å². The maximum atomic E-state index is 6.02. The topological polar surface area (TPSA) is 52.5 Å². The van der Waals surface area contributed by atoms with E-state index in [1.54, 1.807) is 6.20 Å². The highest BCUT2D eigenvalue weighted by molar-refractivity contribution is 5.41. The lowest BCUT2D eigenvalue weighted by Crippen LogP contribution is -2.19. The summed E-state index contributed by atoms with van der Waals surface area (Å²) in [5, 5.41) is 0. The van der Waals surface area contributed by atoms with Crippen LogP contribution in [0.1, 0.15) is 11.7 Å². The predicted molar refractivity (Wildman–Crippen MR) is 74.1 cm³/mol. The van der Waals surface area contributed by atoms with Crippen LogP contribution in [0.5, 0.6) is 5.88 Å². The number of fused-ring (bicyclic) bond motifs is 1. The van der Waals surface area contributed by atoms with E-state index in [9.17, 15) is 0 Å². The van der Waals surface area contributed by atoms with Crippen molar-refractivity contribution in [2.75, 3.05) is 6.54 Å². The van der Waals surface area contributed by atoms with Crippen LogP contribution < -0.4 is 10.5 Å². The number of benzene rings is 1. The number of imidazole rings is 1. The first kappa shape index (κ1) is 11.7. The second kappa shape index (κ2) is 5.12. The smallest absolute Gasteiger partial charge is 0.199 e. The molecule has 0 aliphatic heterocycles. The average molecular weight is 253 g/mol. The molecule has 0 saturated heterocycles. The van der Waals surface area contributed by atoms with Gasteiger partial charge in [0.2, 0.25) is 0 Å². The molecule has 3 rings (SSSR count). The number of hydrogen-bond donors (Lipinski definition) is 1. The number of nitrogens with zero attached hydrogens (tertiary/aromatic N) is 2. The summed E-state index contributed by atoms with van der Waals surface area (Å²) >= 11 is 0. The third-order valence-electron chi connectivity index (χ3n) is 3.04. The second-order valence-corrected chi connectivity index (χ2v) is 4.27. The van der Waals surface area contributed by atoms with Gasteiger partial charge in [0.15, 0.2) is 5.88 Å². The van der Waals surface area contributed by atoms with E-state index in [2.05, 4.69) is 4.98 Å². The van der Waals surface area contributed by atoms with Gasteiger partial charge < -0.3 is 10.5 Å². The summed E-state index contributed by atoms with van der Waals surface area (Å²) in [5.41, 5.74) is 7.76. The number of rotatable bonds is 4. The third kappa shape index (κ3) is 2.30. The van der Waals surface area contributed by atoms with Crippen molar-refractivity contribution in [1.82, 2.24) is 9.38 Å². The van der Waals surface area contributed by atoms with Gasteiger partial charge in [-0.1, -0.05) is 36.4 Å². The molecule has 0 saturated carbocycles. The minimum absolute atomic E-state index is 0.158. The lowest BCUT2D eigenvalue weighted by Gasteiger charge is -2.18. The van der Waals surface area contributed by atoms with Gasteiger partial charge in [-0.05, 0) is 17.7 Å². The van der Waals surface area contributed by atoms with E-state index in [-0.39, 0.29) is 6.10 Å². The van der Waals surface area contributed by atoms with Crippen LogP contribution >= 0.6 is 0 Å². The highest BCUT2D eigenvalue weighted by atomic mass is 16.5. The van der Waals surface area contributed by atoms with Gasteiger partial charge in [0.1, 0.15) is 11.8 Å². The van der Waals surface area contributed by atoms with Gasteiger partial charge in [0.05, 0.1) is 0 Å². The molecular weight excluding hydrogens is 238 g/mol. The summed E-state index contributed by atoms with van der Waals surface area (Å²) in [4.78, 5) is 4.24. The van der Waals surface area contributed by atoms with Crippen LogP contribution in [0.2, 0.25) is 0 Å². The van der Waals surface area contributed by atoms with Crippen LogP contribution in [0.15, 0.2) is 60.9 Å². The molecular formula is C15H15N3O. The molecule has 0 aliphatic carbocycles. The Morgan fingerprint density at radius 1 is 1.11 bits per heavy atom. The zero-order chi connectivity index (χ0) is 13.1. The Labute approximate surface area is 111 Å². The summed E-state index contributed by atoms with van der Waals surface area (Å²) in [6, 6.07) is 15.8. The second-order valence-electron chi connectivity index (χ2n) is 4.27. The Bertz CT molecular complexity index is 663. The lowest BCUT2D eigenvalue weighted by molar-refractivity contribution is 0.203. The monoisotopic (exact) mass is 253 g/mol. The van der Waals surface area contributed by atoms with Crippen LogP contribution in [0.3, 0.4) is 0 Å². The largest absolute Gasteiger partial charge is 0.469 e. The van der Waals surface area contributed by atoms with E-state index < -0.39 is 0 Å². The zero-order valence-corrected chi connectivity index (χ0v) is 10.4. The number of nitrogens with two attached hydrogens (primary N) is 1. The maximum Gasteiger partial charge on any atom is 0.199 e. The predicted octanol–water partition coefficient (Wildman–Crippen LogP) is 2.41. The maximum absolute atomic E-state index is 6.02. The Morgan fingerprint density at radius 2 is 1.95 bits per heavy atom. The Morgan fingerprint density at radius 3 is 2.74 bits per heavy atom. The number of pyridine rings is 1. The minimum Gasteiger partial charge on any atom is -0.469 e. The van der Waals surface area contributed by atoms with Crippen LogP contribution in [0.25, 0.3) is 5.65 Å². The van der Waals surface area contributed by atoms with Gasteiger partial charge in [-0.3, -0.25) is 4.40 Å². The molecule has 0 spiro atoms. The van der Waals surface area contributed by atoms with Crippen molar-refractivity contribution in [2.45, 2.75) is 6.10 Å². The van der Waals surface area contributed by atoms with Crippen molar-refractivity contribution in [1.29, 1.82) is 0 Å². The molecule has 2 heterocycles. The van der Waals surface area contributed by atoms with E-state index >= 15 is 0 Å². The van der Waals surface area contributed by atoms with E-state index in [1.807, 2.05) is 59.1 Å². The van der Waals surface area contributed by atoms with Gasteiger partial charge in [0.25, 0.3) is 0 Å². The fourth-order valence-corrected chi connectivity index (χ4v) is 2.08. The highest BCUT2D eigenvalue weighted by Gasteiger charge is 2.12. The first-order valence-corrected chi connectivity index (χ1v) is 6.22. The van der Waals surface area contributed by atoms with E-state index in [0.29, 0.717) is 6.54 Å². The Kier molecular flexibility index (Phi) is 3.16. The third-order valence-corrected chi connectivity index (χ3v) is 3.04. The van der Waals surface area contributed by atoms with E-state index in [4.69, 9.17) is 10.5 Å². The Balaban J connectivity index is 1.93. The van der Waals surface area contributed by atoms with Crippen molar-refractivity contribution in [3.63, 3.8) is 0 Å². The van der Waals surface area contributed by atoms with Crippen LogP contribution in [-0.4, -0.2) is 15.9 Å². The molecule has 0 aliphatic rings. The molecule has 2 N–H and O–H groups in total. The van der Waals surface area contributed by atoms with Gasteiger partial charge in [-0.25, -0.2) is 4.98 Å². The lowest BCUT2D eigenvalue weighted by atomic mass is 10.1. The van der Waals surface area contributed by atoms with Crippen molar-refractivity contribution in [3.8, 4) is 5.88 Å². The molecule has 96 valence electrons. The molecule has 0 unspecified atom stereocenters. The standard InChI is InChI=1S/C15H15N3O/c16-11-13(12-5-2-1-3-6-12)19-15-8-4-7-14-17-9-10-18(14)15/h1-10,13H,11,16H2/t13-/m0/s1. The van der Waals surface area contributed by atoms with Crippen LogP contribution in [0.4, 0.5) is 0 Å². The molecule has 1 atom stereocenters. The minimum atomic E-state index is -0.158. The fourth-order valence-electron chi connectivity index (χ4n) is 2.08. The number of aromatic nitrogens is 2. The summed E-state index contributed by atoms with van der Waals surface area (Å²) in [6.45, 7) is 0.426. The summed E-state index contributed by atoms with van der Waals surface area (Å²) in [7, 11) is 0. The first-order chi connectivity index (χ1) is 9.38. The fraction of sp³-hybridized carbons (Fsp3) is 0.133.